The second-order valence-electron chi connectivity index (χ2n) is 7.47. The quantitative estimate of drug-likeness (QED) is 0.731. The van der Waals surface area contributed by atoms with Gasteiger partial charge in [0.2, 0.25) is 5.91 Å². The number of ether oxygens (including phenoxy) is 1. The van der Waals surface area contributed by atoms with E-state index in [1.54, 1.807) is 11.8 Å². The van der Waals surface area contributed by atoms with E-state index in [2.05, 4.69) is 15.1 Å². The molecule has 2 aromatic heterocycles. The maximum atomic E-state index is 13.1. The van der Waals surface area contributed by atoms with Gasteiger partial charge in [-0.25, -0.2) is 4.79 Å². The van der Waals surface area contributed by atoms with E-state index in [9.17, 15) is 9.59 Å². The number of esters is 1. The molecule has 0 spiro atoms. The molecular formula is C20H27N5O3. The van der Waals surface area contributed by atoms with Crippen LogP contribution in [0.25, 0.3) is 5.65 Å². The average Bonchev–Trinajstić information content (AvgIpc) is 3.34. The van der Waals surface area contributed by atoms with Crippen molar-refractivity contribution in [1.29, 1.82) is 0 Å². The summed E-state index contributed by atoms with van der Waals surface area (Å²) in [7, 11) is 0. The Kier molecular flexibility index (Phi) is 5.57. The molecule has 0 aromatic carbocycles. The van der Waals surface area contributed by atoms with Crippen molar-refractivity contribution in [2.45, 2.75) is 51.1 Å². The first-order valence-corrected chi connectivity index (χ1v) is 10.2. The predicted octanol–water partition coefficient (Wildman–Crippen LogP) is 1.81. The van der Waals surface area contributed by atoms with Gasteiger partial charge in [0, 0.05) is 12.7 Å². The molecule has 150 valence electrons. The van der Waals surface area contributed by atoms with Crippen LogP contribution in [0.5, 0.6) is 0 Å². The minimum Gasteiger partial charge on any atom is -0.464 e. The molecule has 0 N–H and O–H groups in total. The molecule has 0 saturated carbocycles. The SMILES string of the molecule is CCOC(=O)[C@@H]1CCCCN1C(=O)CN1CCC[C@@H]1c1nnc2ccccn12. The fraction of sp³-hybridized carbons (Fsp3) is 0.600. The van der Waals surface area contributed by atoms with Crippen molar-refractivity contribution in [3.8, 4) is 0 Å². The first-order chi connectivity index (χ1) is 13.7. The lowest BCUT2D eigenvalue weighted by atomic mass is 10.0. The first kappa shape index (κ1) is 18.9. The average molecular weight is 385 g/mol. The third kappa shape index (κ3) is 3.61. The summed E-state index contributed by atoms with van der Waals surface area (Å²) >= 11 is 0. The number of carbonyl (C=O) groups excluding carboxylic acids is 2. The van der Waals surface area contributed by atoms with E-state index in [0.29, 0.717) is 26.1 Å². The molecule has 0 aliphatic carbocycles. The van der Waals surface area contributed by atoms with Gasteiger partial charge in [-0.3, -0.25) is 14.1 Å². The van der Waals surface area contributed by atoms with Crippen molar-refractivity contribution in [2.75, 3.05) is 26.2 Å². The van der Waals surface area contributed by atoms with Crippen molar-refractivity contribution >= 4 is 17.5 Å². The molecule has 2 atom stereocenters. The summed E-state index contributed by atoms with van der Waals surface area (Å²) in [5.74, 6) is 0.594. The Labute approximate surface area is 164 Å². The highest BCUT2D eigenvalue weighted by Crippen LogP contribution is 2.31. The van der Waals surface area contributed by atoms with Gasteiger partial charge < -0.3 is 9.64 Å². The van der Waals surface area contributed by atoms with E-state index >= 15 is 0 Å². The molecule has 8 heteroatoms. The van der Waals surface area contributed by atoms with Gasteiger partial charge in [-0.2, -0.15) is 0 Å². The fourth-order valence-electron chi connectivity index (χ4n) is 4.37. The molecular weight excluding hydrogens is 358 g/mol. The van der Waals surface area contributed by atoms with E-state index in [-0.39, 0.29) is 17.9 Å². The van der Waals surface area contributed by atoms with Gasteiger partial charge in [0.15, 0.2) is 11.5 Å². The Balaban J connectivity index is 1.49. The maximum absolute atomic E-state index is 13.1. The lowest BCUT2D eigenvalue weighted by Crippen LogP contribution is -2.51. The van der Waals surface area contributed by atoms with E-state index in [4.69, 9.17) is 4.74 Å². The molecule has 2 fully saturated rings. The highest BCUT2D eigenvalue weighted by atomic mass is 16.5. The molecule has 0 unspecified atom stereocenters. The number of nitrogens with zero attached hydrogens (tertiary/aromatic N) is 5. The second-order valence-corrected chi connectivity index (χ2v) is 7.47. The fourth-order valence-corrected chi connectivity index (χ4v) is 4.37. The van der Waals surface area contributed by atoms with Crippen LogP contribution in [0.15, 0.2) is 24.4 Å². The van der Waals surface area contributed by atoms with E-state index < -0.39 is 6.04 Å². The third-order valence-corrected chi connectivity index (χ3v) is 5.72. The largest absolute Gasteiger partial charge is 0.464 e. The van der Waals surface area contributed by atoms with Crippen LogP contribution in [-0.4, -0.2) is 68.6 Å². The van der Waals surface area contributed by atoms with Gasteiger partial charge >= 0.3 is 5.97 Å². The van der Waals surface area contributed by atoms with E-state index in [1.807, 2.05) is 28.8 Å². The standard InChI is InChI=1S/C20H27N5O3/c1-2-28-20(27)16-8-3-5-12-24(16)18(26)14-23-11-7-9-15(23)19-22-21-17-10-4-6-13-25(17)19/h4,6,10,13,15-16H,2-3,5,7-9,11-12,14H2,1H3/t15-,16+/m1/s1. The number of likely N-dealkylation sites (tertiary alicyclic amines) is 2. The zero-order valence-electron chi connectivity index (χ0n) is 16.3. The Morgan fingerprint density at radius 2 is 2.04 bits per heavy atom. The molecule has 8 nitrogen and oxygen atoms in total. The summed E-state index contributed by atoms with van der Waals surface area (Å²) in [6.45, 7) is 3.89. The molecule has 2 aromatic rings. The zero-order valence-corrected chi connectivity index (χ0v) is 16.3. The van der Waals surface area contributed by atoms with Crippen molar-refractivity contribution in [3.05, 3.63) is 30.2 Å². The summed E-state index contributed by atoms with van der Waals surface area (Å²) < 4.78 is 7.19. The van der Waals surface area contributed by atoms with E-state index in [1.165, 1.54) is 0 Å². The van der Waals surface area contributed by atoms with Crippen LogP contribution in [0.4, 0.5) is 0 Å². The molecule has 0 bridgehead atoms. The third-order valence-electron chi connectivity index (χ3n) is 5.72. The summed E-state index contributed by atoms with van der Waals surface area (Å²) in [6.07, 6.45) is 6.49. The summed E-state index contributed by atoms with van der Waals surface area (Å²) in [5.41, 5.74) is 0.814. The molecule has 4 heterocycles. The number of pyridine rings is 1. The number of amides is 1. The zero-order chi connectivity index (χ0) is 19.5. The number of rotatable bonds is 5. The number of hydrogen-bond donors (Lipinski definition) is 0. The number of aromatic nitrogens is 3. The van der Waals surface area contributed by atoms with Crippen molar-refractivity contribution < 1.29 is 14.3 Å². The van der Waals surface area contributed by atoms with E-state index in [0.717, 1.165) is 43.7 Å². The van der Waals surface area contributed by atoms with Gasteiger partial charge in [0.1, 0.15) is 6.04 Å². The number of hydrogen-bond acceptors (Lipinski definition) is 6. The highest BCUT2D eigenvalue weighted by Gasteiger charge is 2.36. The topological polar surface area (TPSA) is 80.0 Å². The number of carbonyl (C=O) groups is 2. The Bertz CT molecular complexity index is 851. The van der Waals surface area contributed by atoms with Gasteiger partial charge in [0.25, 0.3) is 0 Å². The molecule has 2 aliphatic heterocycles. The number of piperidine rings is 1. The Morgan fingerprint density at radius 3 is 2.89 bits per heavy atom. The van der Waals surface area contributed by atoms with Crippen molar-refractivity contribution in [1.82, 2.24) is 24.4 Å². The van der Waals surface area contributed by atoms with Crippen molar-refractivity contribution in [3.63, 3.8) is 0 Å². The van der Waals surface area contributed by atoms with Crippen LogP contribution in [-0.2, 0) is 14.3 Å². The van der Waals surface area contributed by atoms with Gasteiger partial charge in [-0.1, -0.05) is 6.07 Å². The normalized spacial score (nSPS) is 23.2. The lowest BCUT2D eigenvalue weighted by molar-refractivity contribution is -0.157. The minimum atomic E-state index is -0.448. The first-order valence-electron chi connectivity index (χ1n) is 10.2. The van der Waals surface area contributed by atoms with Gasteiger partial charge in [-0.15, -0.1) is 10.2 Å². The highest BCUT2D eigenvalue weighted by molar-refractivity contribution is 5.85. The van der Waals surface area contributed by atoms with Crippen molar-refractivity contribution in [2.24, 2.45) is 0 Å². The molecule has 0 radical (unpaired) electrons. The molecule has 4 rings (SSSR count). The maximum Gasteiger partial charge on any atom is 0.328 e. The second kappa shape index (κ2) is 8.26. The molecule has 1 amide bonds. The Morgan fingerprint density at radius 1 is 1.14 bits per heavy atom. The lowest BCUT2D eigenvalue weighted by Gasteiger charge is -2.35. The van der Waals surface area contributed by atoms with Crippen LogP contribution in [0.2, 0.25) is 0 Å². The van der Waals surface area contributed by atoms with Gasteiger partial charge in [0.05, 0.1) is 19.2 Å². The van der Waals surface area contributed by atoms with Gasteiger partial charge in [-0.05, 0) is 57.7 Å². The van der Waals surface area contributed by atoms with Crippen LogP contribution in [0, 0.1) is 0 Å². The predicted molar refractivity (Wildman–Crippen MR) is 103 cm³/mol. The molecule has 28 heavy (non-hydrogen) atoms. The molecule has 2 saturated heterocycles. The monoisotopic (exact) mass is 385 g/mol. The molecule has 2 aliphatic rings. The Hall–Kier alpha value is -2.48. The van der Waals surface area contributed by atoms with Crippen LogP contribution in [0.3, 0.4) is 0 Å². The minimum absolute atomic E-state index is 0.00141. The van der Waals surface area contributed by atoms with Crippen LogP contribution < -0.4 is 0 Å². The number of fused-ring (bicyclic) bond motifs is 1. The van der Waals surface area contributed by atoms with Crippen LogP contribution in [0.1, 0.15) is 50.9 Å². The smallest absolute Gasteiger partial charge is 0.328 e. The summed E-state index contributed by atoms with van der Waals surface area (Å²) in [5, 5.41) is 8.64. The summed E-state index contributed by atoms with van der Waals surface area (Å²) in [6, 6.07) is 5.44. The van der Waals surface area contributed by atoms with Crippen LogP contribution >= 0.6 is 0 Å². The summed E-state index contributed by atoms with van der Waals surface area (Å²) in [4.78, 5) is 29.3.